The number of hydrogen-bond acceptors (Lipinski definition) is 6. The van der Waals surface area contributed by atoms with Gasteiger partial charge in [0.05, 0.1) is 25.6 Å². The first-order chi connectivity index (χ1) is 20.4. The number of unbranched alkanes of at least 4 members (excludes halogenated alkanes) is 7. The Kier molecular flexibility index (Phi) is 18.5. The predicted molar refractivity (Wildman–Crippen MR) is 177 cm³/mol. The van der Waals surface area contributed by atoms with E-state index in [9.17, 15) is 9.59 Å². The molecule has 0 heterocycles. The Morgan fingerprint density at radius 3 is 1.48 bits per heavy atom. The highest BCUT2D eigenvalue weighted by molar-refractivity contribution is 9.10. The maximum Gasteiger partial charge on any atom is 0.240 e. The number of ether oxygens (including phenoxy) is 2. The van der Waals surface area contributed by atoms with Crippen LogP contribution in [-0.4, -0.2) is 37.5 Å². The molecule has 0 saturated carbocycles. The van der Waals surface area contributed by atoms with Gasteiger partial charge < -0.3 is 9.47 Å². The van der Waals surface area contributed by atoms with E-state index in [0.29, 0.717) is 26.1 Å². The maximum absolute atomic E-state index is 12.1. The van der Waals surface area contributed by atoms with Crippen LogP contribution in [0.1, 0.15) is 102 Å². The van der Waals surface area contributed by atoms with Crippen molar-refractivity contribution >= 4 is 56.1 Å². The molecule has 0 fully saturated rings. The van der Waals surface area contributed by atoms with Crippen molar-refractivity contribution in [2.24, 2.45) is 10.2 Å². The third-order valence-electron chi connectivity index (χ3n) is 6.30. The zero-order chi connectivity index (χ0) is 30.4. The van der Waals surface area contributed by atoms with Crippen LogP contribution < -0.4 is 20.3 Å². The molecule has 2 aromatic carbocycles. The van der Waals surface area contributed by atoms with E-state index < -0.39 is 0 Å². The second kappa shape index (κ2) is 21.9. The summed E-state index contributed by atoms with van der Waals surface area (Å²) in [6, 6.07) is 11.5. The minimum Gasteiger partial charge on any atom is -0.493 e. The standard InChI is InChI=1S/C32H44Br2N4O4/c1-3-5-19-41-29-17-15-27(33)21-25(29)23-35-37-31(39)13-11-9-7-8-10-12-14-32(40)38-36-24-26-22-28(34)16-18-30(26)42-20-6-4-2/h15-18,21-24H,3-14,19-20H2,1-2H3,(H,37,39)(H,38,40)/b35-23+,36-24+. The molecule has 10 heteroatoms. The fraction of sp³-hybridized carbons (Fsp3) is 0.500. The molecule has 2 aromatic rings. The lowest BCUT2D eigenvalue weighted by Crippen LogP contribution is -2.17. The highest BCUT2D eigenvalue weighted by Crippen LogP contribution is 2.23. The average Bonchev–Trinajstić information content (AvgIpc) is 2.97. The molecule has 2 N–H and O–H groups in total. The Labute approximate surface area is 267 Å². The molecule has 0 unspecified atom stereocenters. The normalized spacial score (nSPS) is 11.2. The van der Waals surface area contributed by atoms with Gasteiger partial charge in [-0.25, -0.2) is 10.9 Å². The molecule has 2 amide bonds. The summed E-state index contributed by atoms with van der Waals surface area (Å²) in [6.07, 6.45) is 13.8. The van der Waals surface area contributed by atoms with Crippen LogP contribution in [0.4, 0.5) is 0 Å². The summed E-state index contributed by atoms with van der Waals surface area (Å²) < 4.78 is 13.5. The van der Waals surface area contributed by atoms with Crippen LogP contribution in [0, 0.1) is 0 Å². The van der Waals surface area contributed by atoms with Crippen molar-refractivity contribution in [3.8, 4) is 11.5 Å². The van der Waals surface area contributed by atoms with Crippen molar-refractivity contribution in [2.45, 2.75) is 90.9 Å². The average molecular weight is 709 g/mol. The Balaban J connectivity index is 1.56. The smallest absolute Gasteiger partial charge is 0.240 e. The van der Waals surface area contributed by atoms with Crippen LogP contribution in [0.3, 0.4) is 0 Å². The molecule has 2 rings (SSSR count). The van der Waals surface area contributed by atoms with E-state index in [4.69, 9.17) is 9.47 Å². The van der Waals surface area contributed by atoms with Gasteiger partial charge in [-0.2, -0.15) is 10.2 Å². The van der Waals surface area contributed by atoms with Gasteiger partial charge in [0.1, 0.15) is 11.5 Å². The summed E-state index contributed by atoms with van der Waals surface area (Å²) in [5.74, 6) is 1.29. The highest BCUT2D eigenvalue weighted by atomic mass is 79.9. The molecule has 0 saturated heterocycles. The van der Waals surface area contributed by atoms with Crippen molar-refractivity contribution in [3.63, 3.8) is 0 Å². The van der Waals surface area contributed by atoms with E-state index in [-0.39, 0.29) is 11.8 Å². The summed E-state index contributed by atoms with van der Waals surface area (Å²) in [5, 5.41) is 8.21. The number of carbonyl (C=O) groups excluding carboxylic acids is 2. The largest absolute Gasteiger partial charge is 0.493 e. The second-order valence-electron chi connectivity index (χ2n) is 9.98. The molecule has 0 aromatic heterocycles. The zero-order valence-corrected chi connectivity index (χ0v) is 28.0. The number of nitrogens with one attached hydrogen (secondary N) is 2. The molecular formula is C32H44Br2N4O4. The van der Waals surface area contributed by atoms with Crippen LogP contribution in [0.25, 0.3) is 0 Å². The topological polar surface area (TPSA) is 101 Å². The molecule has 0 radical (unpaired) electrons. The zero-order valence-electron chi connectivity index (χ0n) is 24.8. The van der Waals surface area contributed by atoms with Crippen molar-refractivity contribution < 1.29 is 19.1 Å². The predicted octanol–water partition coefficient (Wildman–Crippen LogP) is 8.29. The lowest BCUT2D eigenvalue weighted by molar-refractivity contribution is -0.122. The van der Waals surface area contributed by atoms with Gasteiger partial charge in [0, 0.05) is 32.9 Å². The molecule has 230 valence electrons. The summed E-state index contributed by atoms with van der Waals surface area (Å²) in [6.45, 7) is 5.54. The first kappa shape index (κ1) is 35.5. The molecule has 0 aliphatic heterocycles. The lowest BCUT2D eigenvalue weighted by atomic mass is 10.1. The second-order valence-corrected chi connectivity index (χ2v) is 11.8. The molecule has 0 aliphatic rings. The van der Waals surface area contributed by atoms with Gasteiger partial charge in [0.15, 0.2) is 0 Å². The maximum atomic E-state index is 12.1. The summed E-state index contributed by atoms with van der Waals surface area (Å²) in [5.41, 5.74) is 6.84. The minimum absolute atomic E-state index is 0.102. The van der Waals surface area contributed by atoms with Crippen molar-refractivity contribution in [3.05, 3.63) is 56.5 Å². The Morgan fingerprint density at radius 1 is 0.667 bits per heavy atom. The summed E-state index contributed by atoms with van der Waals surface area (Å²) in [7, 11) is 0. The van der Waals surface area contributed by atoms with E-state index in [1.54, 1.807) is 12.4 Å². The minimum atomic E-state index is -0.102. The number of benzene rings is 2. The number of halogens is 2. The SMILES string of the molecule is CCCCOc1ccc(Br)cc1/C=N/NC(=O)CCCCCCCCC(=O)N/N=C/c1cc(Br)ccc1OCCCC. The Morgan fingerprint density at radius 2 is 1.07 bits per heavy atom. The Hall–Kier alpha value is -2.72. The quantitative estimate of drug-likeness (QED) is 0.0775. The molecule has 42 heavy (non-hydrogen) atoms. The fourth-order valence-electron chi connectivity index (χ4n) is 3.89. The molecule has 0 aliphatic carbocycles. The number of hydrogen-bond donors (Lipinski definition) is 2. The molecular weight excluding hydrogens is 664 g/mol. The van der Waals surface area contributed by atoms with Crippen molar-refractivity contribution in [1.82, 2.24) is 10.9 Å². The third-order valence-corrected chi connectivity index (χ3v) is 7.28. The van der Waals surface area contributed by atoms with E-state index in [1.807, 2.05) is 36.4 Å². The van der Waals surface area contributed by atoms with Gasteiger partial charge in [0.2, 0.25) is 11.8 Å². The van der Waals surface area contributed by atoms with Gasteiger partial charge in [-0.15, -0.1) is 0 Å². The van der Waals surface area contributed by atoms with Crippen LogP contribution in [0.5, 0.6) is 11.5 Å². The molecule has 0 spiro atoms. The third kappa shape index (κ3) is 15.5. The number of rotatable bonds is 21. The fourth-order valence-corrected chi connectivity index (χ4v) is 4.65. The van der Waals surface area contributed by atoms with Gasteiger partial charge in [-0.1, -0.05) is 84.2 Å². The summed E-state index contributed by atoms with van der Waals surface area (Å²) >= 11 is 6.93. The monoisotopic (exact) mass is 706 g/mol. The van der Waals surface area contributed by atoms with Gasteiger partial charge in [-0.3, -0.25) is 9.59 Å². The number of nitrogens with zero attached hydrogens (tertiary/aromatic N) is 2. The van der Waals surface area contributed by atoms with E-state index in [0.717, 1.165) is 95.8 Å². The van der Waals surface area contributed by atoms with E-state index >= 15 is 0 Å². The van der Waals surface area contributed by atoms with Crippen molar-refractivity contribution in [2.75, 3.05) is 13.2 Å². The first-order valence-electron chi connectivity index (χ1n) is 14.9. The first-order valence-corrected chi connectivity index (χ1v) is 16.5. The van der Waals surface area contributed by atoms with Crippen LogP contribution >= 0.6 is 31.9 Å². The van der Waals surface area contributed by atoms with Gasteiger partial charge in [0.25, 0.3) is 0 Å². The molecule has 0 bridgehead atoms. The highest BCUT2D eigenvalue weighted by Gasteiger charge is 2.06. The van der Waals surface area contributed by atoms with Crippen molar-refractivity contribution in [1.29, 1.82) is 0 Å². The molecule has 8 nitrogen and oxygen atoms in total. The van der Waals surface area contributed by atoms with Crippen LogP contribution in [0.15, 0.2) is 55.5 Å². The van der Waals surface area contributed by atoms with Crippen LogP contribution in [0.2, 0.25) is 0 Å². The Bertz CT molecular complexity index is 1070. The van der Waals surface area contributed by atoms with E-state index in [2.05, 4.69) is 66.8 Å². The molecule has 0 atom stereocenters. The number of hydrazone groups is 2. The van der Waals surface area contributed by atoms with Crippen LogP contribution in [-0.2, 0) is 9.59 Å². The van der Waals surface area contributed by atoms with Gasteiger partial charge >= 0.3 is 0 Å². The van der Waals surface area contributed by atoms with E-state index in [1.165, 1.54) is 0 Å². The number of carbonyl (C=O) groups is 2. The number of amides is 2. The lowest BCUT2D eigenvalue weighted by Gasteiger charge is -2.09. The van der Waals surface area contributed by atoms with Gasteiger partial charge in [-0.05, 0) is 62.1 Å². The summed E-state index contributed by atoms with van der Waals surface area (Å²) in [4.78, 5) is 24.3.